The molecule has 0 aliphatic rings. The summed E-state index contributed by atoms with van der Waals surface area (Å²) in [5, 5.41) is 15.4. The molecular weight excluding hydrogens is 284 g/mol. The summed E-state index contributed by atoms with van der Waals surface area (Å²) in [6, 6.07) is 7.96. The van der Waals surface area contributed by atoms with E-state index in [4.69, 9.17) is 12.2 Å². The molecule has 0 amide bonds. The predicted octanol–water partition coefficient (Wildman–Crippen LogP) is 3.61. The highest BCUT2D eigenvalue weighted by atomic mass is 32.1. The number of rotatable bonds is 3. The smallest absolute Gasteiger partial charge is 0.216 e. The molecule has 0 fully saturated rings. The van der Waals surface area contributed by atoms with E-state index in [0.29, 0.717) is 4.77 Å². The van der Waals surface area contributed by atoms with Crippen LogP contribution in [0.1, 0.15) is 4.88 Å². The van der Waals surface area contributed by atoms with Gasteiger partial charge in [-0.3, -0.25) is 0 Å². The molecule has 1 N–H and O–H groups in total. The molecule has 0 spiro atoms. The van der Waals surface area contributed by atoms with E-state index in [9.17, 15) is 0 Å². The van der Waals surface area contributed by atoms with Crippen molar-refractivity contribution in [3.8, 4) is 10.7 Å². The highest BCUT2D eigenvalue weighted by Crippen LogP contribution is 2.22. The molecule has 3 aromatic heterocycles. The van der Waals surface area contributed by atoms with E-state index in [1.54, 1.807) is 33.6 Å². The lowest BCUT2D eigenvalue weighted by Crippen LogP contribution is -1.92. The summed E-state index contributed by atoms with van der Waals surface area (Å²) in [6.07, 6.45) is 1.78. The summed E-state index contributed by atoms with van der Waals surface area (Å²) in [7, 11) is 0. The molecule has 0 aliphatic heterocycles. The van der Waals surface area contributed by atoms with E-state index in [1.165, 1.54) is 0 Å². The van der Waals surface area contributed by atoms with Crippen molar-refractivity contribution in [1.82, 2.24) is 14.9 Å². The molecule has 0 bridgehead atoms. The fourth-order valence-corrected chi connectivity index (χ4v) is 2.90. The van der Waals surface area contributed by atoms with E-state index in [0.717, 1.165) is 15.6 Å². The van der Waals surface area contributed by atoms with Crippen molar-refractivity contribution in [1.29, 1.82) is 0 Å². The third-order valence-electron chi connectivity index (χ3n) is 2.24. The lowest BCUT2D eigenvalue weighted by Gasteiger charge is -1.96. The Labute approximate surface area is 116 Å². The molecule has 3 rings (SSSR count). The van der Waals surface area contributed by atoms with Gasteiger partial charge >= 0.3 is 0 Å². The number of nitrogens with zero attached hydrogens (tertiary/aromatic N) is 3. The second-order valence-electron chi connectivity index (χ2n) is 3.40. The molecule has 0 unspecified atom stereocenters. The third-order valence-corrected chi connectivity index (χ3v) is 4.17. The van der Waals surface area contributed by atoms with Gasteiger partial charge in [0.1, 0.15) is 0 Å². The van der Waals surface area contributed by atoms with Crippen LogP contribution in [0.5, 0.6) is 0 Å². The quantitative estimate of drug-likeness (QED) is 0.592. The van der Waals surface area contributed by atoms with Crippen molar-refractivity contribution in [2.24, 2.45) is 5.10 Å². The Balaban J connectivity index is 2.02. The van der Waals surface area contributed by atoms with Gasteiger partial charge in [-0.05, 0) is 35.1 Å². The SMILES string of the molecule is S=c1[nH]nc(-c2cccs2)n1N=Cc1cccs1. The molecular formula is C11H8N4S3. The first-order chi connectivity index (χ1) is 8.84. The Bertz CT molecular complexity index is 704. The molecule has 7 heteroatoms. The van der Waals surface area contributed by atoms with Crippen LogP contribution >= 0.6 is 34.9 Å². The molecule has 0 saturated heterocycles. The molecule has 90 valence electrons. The van der Waals surface area contributed by atoms with Crippen molar-refractivity contribution in [2.45, 2.75) is 0 Å². The van der Waals surface area contributed by atoms with Gasteiger partial charge in [0.05, 0.1) is 11.1 Å². The number of aromatic amines is 1. The molecule has 0 aromatic carbocycles. The van der Waals surface area contributed by atoms with Crippen LogP contribution in [0.2, 0.25) is 0 Å². The number of thiophene rings is 2. The third kappa shape index (κ3) is 2.20. The second-order valence-corrected chi connectivity index (χ2v) is 5.72. The summed E-state index contributed by atoms with van der Waals surface area (Å²) in [6.45, 7) is 0. The molecule has 0 saturated carbocycles. The lowest BCUT2D eigenvalue weighted by molar-refractivity contribution is 0.874. The summed E-state index contributed by atoms with van der Waals surface area (Å²) >= 11 is 8.42. The van der Waals surface area contributed by atoms with Crippen LogP contribution in [0.4, 0.5) is 0 Å². The minimum Gasteiger partial charge on any atom is -0.250 e. The average molecular weight is 292 g/mol. The van der Waals surface area contributed by atoms with Crippen molar-refractivity contribution in [2.75, 3.05) is 0 Å². The number of H-pyrrole nitrogens is 1. The lowest BCUT2D eigenvalue weighted by atomic mass is 10.4. The van der Waals surface area contributed by atoms with Crippen LogP contribution in [0.3, 0.4) is 0 Å². The van der Waals surface area contributed by atoms with Crippen LogP contribution in [0.25, 0.3) is 10.7 Å². The number of aromatic nitrogens is 3. The van der Waals surface area contributed by atoms with Crippen molar-refractivity contribution >= 4 is 41.1 Å². The van der Waals surface area contributed by atoms with E-state index < -0.39 is 0 Å². The van der Waals surface area contributed by atoms with Crippen LogP contribution in [-0.4, -0.2) is 21.1 Å². The van der Waals surface area contributed by atoms with Crippen LogP contribution in [0, 0.1) is 4.77 Å². The van der Waals surface area contributed by atoms with Crippen LogP contribution < -0.4 is 0 Å². The highest BCUT2D eigenvalue weighted by molar-refractivity contribution is 7.71. The molecule has 18 heavy (non-hydrogen) atoms. The molecule has 0 radical (unpaired) electrons. The van der Waals surface area contributed by atoms with Gasteiger partial charge in [0.2, 0.25) is 4.77 Å². The van der Waals surface area contributed by atoms with E-state index >= 15 is 0 Å². The van der Waals surface area contributed by atoms with Gasteiger partial charge in [-0.25, -0.2) is 5.10 Å². The maximum Gasteiger partial charge on any atom is 0.216 e. The fraction of sp³-hybridized carbons (Fsp3) is 0. The molecule has 0 aliphatic carbocycles. The highest BCUT2D eigenvalue weighted by Gasteiger charge is 2.08. The first-order valence-corrected chi connectivity index (χ1v) is 7.30. The zero-order chi connectivity index (χ0) is 12.4. The Morgan fingerprint density at radius 3 is 2.83 bits per heavy atom. The summed E-state index contributed by atoms with van der Waals surface area (Å²) in [4.78, 5) is 2.11. The van der Waals surface area contributed by atoms with Crippen molar-refractivity contribution in [3.63, 3.8) is 0 Å². The first-order valence-electron chi connectivity index (χ1n) is 5.14. The Hall–Kier alpha value is -1.57. The second kappa shape index (κ2) is 4.97. The van der Waals surface area contributed by atoms with Crippen molar-refractivity contribution < 1.29 is 0 Å². The van der Waals surface area contributed by atoms with Crippen LogP contribution in [-0.2, 0) is 0 Å². The van der Waals surface area contributed by atoms with E-state index in [2.05, 4.69) is 15.3 Å². The first kappa shape index (κ1) is 11.5. The largest absolute Gasteiger partial charge is 0.250 e. The van der Waals surface area contributed by atoms with Gasteiger partial charge in [-0.1, -0.05) is 12.1 Å². The Morgan fingerprint density at radius 1 is 1.28 bits per heavy atom. The molecule has 0 atom stereocenters. The van der Waals surface area contributed by atoms with Gasteiger partial charge in [-0.15, -0.1) is 22.7 Å². The van der Waals surface area contributed by atoms with Gasteiger partial charge in [-0.2, -0.15) is 14.9 Å². The minimum atomic E-state index is 0.492. The summed E-state index contributed by atoms with van der Waals surface area (Å²) in [5.41, 5.74) is 0. The zero-order valence-electron chi connectivity index (χ0n) is 9.11. The van der Waals surface area contributed by atoms with Crippen molar-refractivity contribution in [3.05, 3.63) is 44.7 Å². The molecule has 3 aromatic rings. The number of nitrogens with one attached hydrogen (secondary N) is 1. The predicted molar refractivity (Wildman–Crippen MR) is 78.0 cm³/mol. The van der Waals surface area contributed by atoms with Gasteiger partial charge in [0.25, 0.3) is 0 Å². The van der Waals surface area contributed by atoms with Gasteiger partial charge in [0.15, 0.2) is 5.82 Å². The Morgan fingerprint density at radius 2 is 2.11 bits per heavy atom. The standard InChI is InChI=1S/C11H8N4S3/c16-11-14-13-10(9-4-2-6-18-9)15(11)12-7-8-3-1-5-17-8/h1-7H,(H,14,16). The summed E-state index contributed by atoms with van der Waals surface area (Å²) in [5.74, 6) is 0.739. The average Bonchev–Trinajstić information content (AvgIpc) is 3.08. The topological polar surface area (TPSA) is 46.0 Å². The van der Waals surface area contributed by atoms with E-state index in [1.807, 2.05) is 35.0 Å². The molecule has 3 heterocycles. The normalized spacial score (nSPS) is 11.3. The number of hydrogen-bond donors (Lipinski definition) is 1. The van der Waals surface area contributed by atoms with E-state index in [-0.39, 0.29) is 0 Å². The van der Waals surface area contributed by atoms with Crippen LogP contribution in [0.15, 0.2) is 40.1 Å². The molecule has 4 nitrogen and oxygen atoms in total. The number of hydrogen-bond acceptors (Lipinski definition) is 5. The maximum atomic E-state index is 5.18. The maximum absolute atomic E-state index is 5.18. The Kier molecular flexibility index (Phi) is 3.18. The monoisotopic (exact) mass is 292 g/mol. The zero-order valence-corrected chi connectivity index (χ0v) is 11.6. The fourth-order valence-electron chi connectivity index (χ4n) is 1.44. The summed E-state index contributed by atoms with van der Waals surface area (Å²) < 4.78 is 2.13. The van der Waals surface area contributed by atoms with Gasteiger partial charge < -0.3 is 0 Å². The minimum absolute atomic E-state index is 0.492. The van der Waals surface area contributed by atoms with Gasteiger partial charge in [0, 0.05) is 4.88 Å².